The SMILES string of the molecule is CCc1nccc(CN2CCCC(OCc3cccnc3)C2)n1. The lowest BCUT2D eigenvalue weighted by atomic mass is 10.1. The van der Waals surface area contributed by atoms with Gasteiger partial charge in [-0.05, 0) is 37.1 Å². The molecule has 1 aliphatic rings. The van der Waals surface area contributed by atoms with Gasteiger partial charge in [0.05, 0.1) is 18.4 Å². The largest absolute Gasteiger partial charge is 0.372 e. The molecule has 0 radical (unpaired) electrons. The molecule has 0 aliphatic carbocycles. The Labute approximate surface area is 137 Å². The number of piperidine rings is 1. The molecule has 23 heavy (non-hydrogen) atoms. The first kappa shape index (κ1) is 16.0. The maximum Gasteiger partial charge on any atom is 0.128 e. The molecule has 122 valence electrons. The van der Waals surface area contributed by atoms with Crippen molar-refractivity contribution >= 4 is 0 Å². The van der Waals surface area contributed by atoms with Crippen molar-refractivity contribution in [1.29, 1.82) is 0 Å². The maximum absolute atomic E-state index is 6.07. The molecule has 0 saturated carbocycles. The van der Waals surface area contributed by atoms with Gasteiger partial charge in [-0.3, -0.25) is 9.88 Å². The summed E-state index contributed by atoms with van der Waals surface area (Å²) in [5.74, 6) is 0.920. The van der Waals surface area contributed by atoms with Crippen LogP contribution in [-0.2, 0) is 24.3 Å². The fourth-order valence-corrected chi connectivity index (χ4v) is 2.92. The topological polar surface area (TPSA) is 51.1 Å². The number of hydrogen-bond acceptors (Lipinski definition) is 5. The van der Waals surface area contributed by atoms with E-state index in [1.807, 2.05) is 24.5 Å². The van der Waals surface area contributed by atoms with Crippen molar-refractivity contribution in [2.24, 2.45) is 0 Å². The van der Waals surface area contributed by atoms with Crippen molar-refractivity contribution in [3.8, 4) is 0 Å². The first-order chi connectivity index (χ1) is 11.3. The Balaban J connectivity index is 1.51. The Hall–Kier alpha value is -1.85. The Morgan fingerprint density at radius 3 is 3.09 bits per heavy atom. The molecule has 0 N–H and O–H groups in total. The molecule has 2 aromatic heterocycles. The summed E-state index contributed by atoms with van der Waals surface area (Å²) in [4.78, 5) is 15.4. The van der Waals surface area contributed by atoms with E-state index in [1.54, 1.807) is 6.20 Å². The summed E-state index contributed by atoms with van der Waals surface area (Å²) >= 11 is 0. The Morgan fingerprint density at radius 2 is 2.26 bits per heavy atom. The Bertz CT molecular complexity index is 605. The number of ether oxygens (including phenoxy) is 1. The van der Waals surface area contributed by atoms with Crippen molar-refractivity contribution in [2.45, 2.75) is 45.4 Å². The van der Waals surface area contributed by atoms with Crippen molar-refractivity contribution in [3.05, 3.63) is 53.9 Å². The molecule has 2 aromatic rings. The second-order valence-corrected chi connectivity index (χ2v) is 5.99. The number of aryl methyl sites for hydroxylation is 1. The molecule has 0 amide bonds. The summed E-state index contributed by atoms with van der Waals surface area (Å²) in [7, 11) is 0. The molecule has 1 fully saturated rings. The first-order valence-electron chi connectivity index (χ1n) is 8.37. The van der Waals surface area contributed by atoms with Gasteiger partial charge in [0.1, 0.15) is 5.82 Å². The molecule has 5 nitrogen and oxygen atoms in total. The molecule has 0 spiro atoms. The predicted molar refractivity (Wildman–Crippen MR) is 88.7 cm³/mol. The van der Waals surface area contributed by atoms with Crippen LogP contribution in [0.4, 0.5) is 0 Å². The third kappa shape index (κ3) is 4.81. The van der Waals surface area contributed by atoms with Crippen LogP contribution in [0.1, 0.15) is 36.8 Å². The van der Waals surface area contributed by atoms with Crippen LogP contribution in [0.15, 0.2) is 36.8 Å². The molecule has 0 aromatic carbocycles. The van der Waals surface area contributed by atoms with Crippen LogP contribution < -0.4 is 0 Å². The molecule has 1 aliphatic heterocycles. The van der Waals surface area contributed by atoms with E-state index in [0.717, 1.165) is 49.6 Å². The fraction of sp³-hybridized carbons (Fsp3) is 0.500. The molecule has 1 atom stereocenters. The summed E-state index contributed by atoms with van der Waals surface area (Å²) in [5, 5.41) is 0. The third-order valence-electron chi connectivity index (χ3n) is 4.14. The van der Waals surface area contributed by atoms with Crippen LogP contribution in [-0.4, -0.2) is 39.0 Å². The summed E-state index contributed by atoms with van der Waals surface area (Å²) in [6.07, 6.45) is 8.99. The lowest BCUT2D eigenvalue weighted by Crippen LogP contribution is -2.39. The monoisotopic (exact) mass is 312 g/mol. The predicted octanol–water partition coefficient (Wildman–Crippen LogP) is 2.62. The summed E-state index contributed by atoms with van der Waals surface area (Å²) in [6.45, 7) is 5.67. The minimum absolute atomic E-state index is 0.288. The average molecular weight is 312 g/mol. The van der Waals surface area contributed by atoms with E-state index in [1.165, 1.54) is 6.42 Å². The zero-order chi connectivity index (χ0) is 15.9. The number of pyridine rings is 1. The normalized spacial score (nSPS) is 18.9. The van der Waals surface area contributed by atoms with Gasteiger partial charge < -0.3 is 4.74 Å². The fourth-order valence-electron chi connectivity index (χ4n) is 2.92. The zero-order valence-corrected chi connectivity index (χ0v) is 13.7. The molecular formula is C18H24N4O. The highest BCUT2D eigenvalue weighted by Crippen LogP contribution is 2.16. The molecular weight excluding hydrogens is 288 g/mol. The molecule has 5 heteroatoms. The van der Waals surface area contributed by atoms with E-state index in [0.29, 0.717) is 6.61 Å². The second-order valence-electron chi connectivity index (χ2n) is 5.99. The van der Waals surface area contributed by atoms with Crippen molar-refractivity contribution in [2.75, 3.05) is 13.1 Å². The van der Waals surface area contributed by atoms with Gasteiger partial charge in [-0.2, -0.15) is 0 Å². The highest BCUT2D eigenvalue weighted by Gasteiger charge is 2.21. The zero-order valence-electron chi connectivity index (χ0n) is 13.7. The van der Waals surface area contributed by atoms with Gasteiger partial charge in [0.15, 0.2) is 0 Å². The smallest absolute Gasteiger partial charge is 0.128 e. The van der Waals surface area contributed by atoms with Crippen LogP contribution in [0.3, 0.4) is 0 Å². The highest BCUT2D eigenvalue weighted by molar-refractivity contribution is 5.07. The number of likely N-dealkylation sites (tertiary alicyclic amines) is 1. The van der Waals surface area contributed by atoms with E-state index in [2.05, 4.69) is 32.8 Å². The van der Waals surface area contributed by atoms with Gasteiger partial charge in [0, 0.05) is 38.1 Å². The molecule has 0 bridgehead atoms. The minimum Gasteiger partial charge on any atom is -0.372 e. The van der Waals surface area contributed by atoms with Gasteiger partial charge in [-0.15, -0.1) is 0 Å². The van der Waals surface area contributed by atoms with Crippen LogP contribution in [0.25, 0.3) is 0 Å². The van der Waals surface area contributed by atoms with Crippen LogP contribution in [0, 0.1) is 0 Å². The standard InChI is InChI=1S/C18H24N4O/c1-2-18-20-9-7-16(21-18)12-22-10-4-6-17(13-22)23-14-15-5-3-8-19-11-15/h3,5,7-9,11,17H,2,4,6,10,12-14H2,1H3. The maximum atomic E-state index is 6.07. The van der Waals surface area contributed by atoms with Gasteiger partial charge >= 0.3 is 0 Å². The van der Waals surface area contributed by atoms with Crippen LogP contribution >= 0.6 is 0 Å². The average Bonchev–Trinajstić information content (AvgIpc) is 2.61. The first-order valence-corrected chi connectivity index (χ1v) is 8.37. The van der Waals surface area contributed by atoms with Crippen molar-refractivity contribution in [3.63, 3.8) is 0 Å². The number of hydrogen-bond donors (Lipinski definition) is 0. The number of aromatic nitrogens is 3. The van der Waals surface area contributed by atoms with Crippen LogP contribution in [0.2, 0.25) is 0 Å². The highest BCUT2D eigenvalue weighted by atomic mass is 16.5. The molecule has 1 unspecified atom stereocenters. The minimum atomic E-state index is 0.288. The lowest BCUT2D eigenvalue weighted by Gasteiger charge is -2.32. The Morgan fingerprint density at radius 1 is 1.30 bits per heavy atom. The quantitative estimate of drug-likeness (QED) is 0.820. The van der Waals surface area contributed by atoms with Crippen molar-refractivity contribution < 1.29 is 4.74 Å². The van der Waals surface area contributed by atoms with E-state index in [-0.39, 0.29) is 6.10 Å². The van der Waals surface area contributed by atoms with Crippen molar-refractivity contribution in [1.82, 2.24) is 19.9 Å². The van der Waals surface area contributed by atoms with Gasteiger partial charge in [-0.25, -0.2) is 9.97 Å². The summed E-state index contributed by atoms with van der Waals surface area (Å²) in [5.41, 5.74) is 2.23. The van der Waals surface area contributed by atoms with E-state index in [9.17, 15) is 0 Å². The molecule has 1 saturated heterocycles. The lowest BCUT2D eigenvalue weighted by molar-refractivity contribution is -0.0124. The number of rotatable bonds is 6. The molecule has 3 heterocycles. The summed E-state index contributed by atoms with van der Waals surface area (Å²) in [6, 6.07) is 6.02. The molecule has 3 rings (SSSR count). The van der Waals surface area contributed by atoms with Gasteiger partial charge in [0.25, 0.3) is 0 Å². The summed E-state index contributed by atoms with van der Waals surface area (Å²) < 4.78 is 6.07. The van der Waals surface area contributed by atoms with Gasteiger partial charge in [0.2, 0.25) is 0 Å². The Kier molecular flexibility index (Phi) is 5.66. The van der Waals surface area contributed by atoms with E-state index in [4.69, 9.17) is 4.74 Å². The van der Waals surface area contributed by atoms with E-state index < -0.39 is 0 Å². The van der Waals surface area contributed by atoms with Crippen LogP contribution in [0.5, 0.6) is 0 Å². The van der Waals surface area contributed by atoms with Gasteiger partial charge in [-0.1, -0.05) is 13.0 Å². The third-order valence-corrected chi connectivity index (χ3v) is 4.14. The van der Waals surface area contributed by atoms with E-state index >= 15 is 0 Å². The number of nitrogens with zero attached hydrogens (tertiary/aromatic N) is 4. The second kappa shape index (κ2) is 8.13.